The Morgan fingerprint density at radius 2 is 2.11 bits per heavy atom. The maximum absolute atomic E-state index is 12.4. The van der Waals surface area contributed by atoms with Crippen molar-refractivity contribution < 1.29 is 9.32 Å². The van der Waals surface area contributed by atoms with Crippen LogP contribution >= 0.6 is 36.6 Å². The number of aromatic nitrogens is 3. The Morgan fingerprint density at radius 1 is 1.37 bits per heavy atom. The fraction of sp³-hybridized carbons (Fsp3) is 0.529. The van der Waals surface area contributed by atoms with E-state index in [1.54, 1.807) is 12.4 Å². The summed E-state index contributed by atoms with van der Waals surface area (Å²) in [6, 6.07) is 3.57. The van der Waals surface area contributed by atoms with Gasteiger partial charge in [-0.05, 0) is 18.1 Å². The molecule has 0 aromatic carbocycles. The van der Waals surface area contributed by atoms with Crippen molar-refractivity contribution in [1.82, 2.24) is 25.8 Å². The van der Waals surface area contributed by atoms with Gasteiger partial charge in [0.15, 0.2) is 0 Å². The highest BCUT2D eigenvalue weighted by Crippen LogP contribution is 2.23. The first-order valence-corrected chi connectivity index (χ1v) is 9.63. The van der Waals surface area contributed by atoms with Crippen molar-refractivity contribution in [3.05, 3.63) is 30.4 Å². The molecule has 2 atom stereocenters. The van der Waals surface area contributed by atoms with Crippen LogP contribution in [-0.2, 0) is 4.79 Å². The van der Waals surface area contributed by atoms with Gasteiger partial charge in [-0.3, -0.25) is 9.78 Å². The number of pyridine rings is 1. The molecule has 2 aromatic rings. The van der Waals surface area contributed by atoms with Crippen molar-refractivity contribution in [3.8, 4) is 11.4 Å². The maximum atomic E-state index is 12.4. The van der Waals surface area contributed by atoms with E-state index in [0.29, 0.717) is 18.1 Å². The first-order chi connectivity index (χ1) is 12.1. The van der Waals surface area contributed by atoms with E-state index in [4.69, 9.17) is 4.52 Å². The molecule has 0 radical (unpaired) electrons. The molecule has 1 aliphatic heterocycles. The Hall–Kier alpha value is -1.35. The Kier molecular flexibility index (Phi) is 10.1. The molecule has 0 bridgehead atoms. The number of amides is 1. The van der Waals surface area contributed by atoms with E-state index >= 15 is 0 Å². The van der Waals surface area contributed by atoms with Gasteiger partial charge < -0.3 is 15.2 Å². The minimum absolute atomic E-state index is 0. The molecule has 7 nitrogen and oxygen atoms in total. The summed E-state index contributed by atoms with van der Waals surface area (Å²) in [6.45, 7) is 5.00. The highest BCUT2D eigenvalue weighted by atomic mass is 35.5. The molecule has 0 saturated carbocycles. The minimum Gasteiger partial charge on any atom is -0.344 e. The second kappa shape index (κ2) is 11.5. The number of halogens is 2. The average molecular weight is 434 g/mol. The number of carbonyl (C=O) groups is 1. The molecule has 0 aliphatic carbocycles. The van der Waals surface area contributed by atoms with E-state index < -0.39 is 0 Å². The summed E-state index contributed by atoms with van der Waals surface area (Å²) < 4.78 is 5.42. The Labute approximate surface area is 175 Å². The molecule has 1 fully saturated rings. The standard InChI is InChI=1S/C17H23N5O2S.2ClH/c1-11(2)15(20-14(23)9-13-10-25-8-7-19-13)17-21-16(22-24-17)12-3-5-18-6-4-12;;/h3-6,11,13,15,19H,7-10H2,1-2H3,(H,20,23);2*1H. The summed E-state index contributed by atoms with van der Waals surface area (Å²) in [7, 11) is 0. The molecule has 0 spiro atoms. The van der Waals surface area contributed by atoms with Crippen LogP contribution in [0.5, 0.6) is 0 Å². The zero-order valence-corrected chi connectivity index (χ0v) is 17.7. The first-order valence-electron chi connectivity index (χ1n) is 8.48. The van der Waals surface area contributed by atoms with Gasteiger partial charge >= 0.3 is 0 Å². The van der Waals surface area contributed by atoms with Crippen molar-refractivity contribution >= 4 is 42.5 Å². The van der Waals surface area contributed by atoms with Crippen LogP contribution in [-0.4, -0.2) is 45.1 Å². The summed E-state index contributed by atoms with van der Waals surface area (Å²) in [5, 5.41) is 10.5. The molecule has 3 heterocycles. The normalized spacial score (nSPS) is 17.5. The highest BCUT2D eigenvalue weighted by Gasteiger charge is 2.26. The minimum atomic E-state index is -0.299. The van der Waals surface area contributed by atoms with Crippen LogP contribution in [0.15, 0.2) is 29.0 Å². The number of hydrogen-bond donors (Lipinski definition) is 2. The number of hydrogen-bond acceptors (Lipinski definition) is 7. The molecular weight excluding hydrogens is 409 g/mol. The summed E-state index contributed by atoms with van der Waals surface area (Å²) in [6.07, 6.45) is 3.83. The van der Waals surface area contributed by atoms with Gasteiger partial charge in [0.2, 0.25) is 17.6 Å². The lowest BCUT2D eigenvalue weighted by Gasteiger charge is -2.24. The second-order valence-corrected chi connectivity index (χ2v) is 7.56. The molecule has 27 heavy (non-hydrogen) atoms. The van der Waals surface area contributed by atoms with Gasteiger partial charge in [0, 0.05) is 48.5 Å². The lowest BCUT2D eigenvalue weighted by atomic mass is 10.0. The van der Waals surface area contributed by atoms with Crippen molar-refractivity contribution in [1.29, 1.82) is 0 Å². The third-order valence-electron chi connectivity index (χ3n) is 4.06. The molecule has 2 unspecified atom stereocenters. The predicted molar refractivity (Wildman–Crippen MR) is 111 cm³/mol. The van der Waals surface area contributed by atoms with E-state index in [2.05, 4.69) is 25.8 Å². The lowest BCUT2D eigenvalue weighted by molar-refractivity contribution is -0.122. The van der Waals surface area contributed by atoms with Gasteiger partial charge in [0.25, 0.3) is 0 Å². The zero-order valence-electron chi connectivity index (χ0n) is 15.3. The fourth-order valence-electron chi connectivity index (χ4n) is 2.70. The van der Waals surface area contributed by atoms with E-state index in [-0.39, 0.29) is 48.7 Å². The predicted octanol–water partition coefficient (Wildman–Crippen LogP) is 2.88. The van der Waals surface area contributed by atoms with Crippen molar-refractivity contribution in [2.45, 2.75) is 32.4 Å². The maximum Gasteiger partial charge on any atom is 0.249 e. The highest BCUT2D eigenvalue weighted by molar-refractivity contribution is 7.99. The third kappa shape index (κ3) is 6.64. The first kappa shape index (κ1) is 23.7. The third-order valence-corrected chi connectivity index (χ3v) is 5.19. The number of nitrogens with zero attached hydrogens (tertiary/aromatic N) is 3. The van der Waals surface area contributed by atoms with Crippen molar-refractivity contribution in [2.75, 3.05) is 18.1 Å². The number of thioether (sulfide) groups is 1. The molecule has 10 heteroatoms. The molecule has 2 aromatic heterocycles. The fourth-order valence-corrected chi connectivity index (χ4v) is 3.65. The summed E-state index contributed by atoms with van der Waals surface area (Å²) in [5.74, 6) is 3.15. The Balaban J connectivity index is 0.00000182. The van der Waals surface area contributed by atoms with Crippen molar-refractivity contribution in [3.63, 3.8) is 0 Å². The second-order valence-electron chi connectivity index (χ2n) is 6.41. The van der Waals surface area contributed by atoms with Crippen LogP contribution in [0.3, 0.4) is 0 Å². The van der Waals surface area contributed by atoms with Gasteiger partial charge in [0.1, 0.15) is 6.04 Å². The number of nitrogens with one attached hydrogen (secondary N) is 2. The van der Waals surface area contributed by atoms with Gasteiger partial charge in [-0.1, -0.05) is 19.0 Å². The average Bonchev–Trinajstić information content (AvgIpc) is 3.11. The van der Waals surface area contributed by atoms with E-state index in [9.17, 15) is 4.79 Å². The molecule has 2 N–H and O–H groups in total. The molecule has 1 saturated heterocycles. The summed E-state index contributed by atoms with van der Waals surface area (Å²) >= 11 is 1.88. The molecule has 1 amide bonds. The SMILES string of the molecule is CC(C)C(NC(=O)CC1CSCCN1)c1nc(-c2ccncc2)no1.Cl.Cl. The van der Waals surface area contributed by atoms with Crippen LogP contribution in [0.25, 0.3) is 11.4 Å². The Bertz CT molecular complexity index is 696. The van der Waals surface area contributed by atoms with Crippen LogP contribution in [0, 0.1) is 5.92 Å². The molecular formula is C17H25Cl2N5O2S. The summed E-state index contributed by atoms with van der Waals surface area (Å²) in [4.78, 5) is 20.9. The lowest BCUT2D eigenvalue weighted by Crippen LogP contribution is -2.42. The summed E-state index contributed by atoms with van der Waals surface area (Å²) in [5.41, 5.74) is 0.835. The van der Waals surface area contributed by atoms with Crippen LogP contribution in [0.1, 0.15) is 32.2 Å². The topological polar surface area (TPSA) is 92.9 Å². The van der Waals surface area contributed by atoms with E-state index in [1.165, 1.54) is 0 Å². The van der Waals surface area contributed by atoms with Gasteiger partial charge in [-0.25, -0.2) is 0 Å². The van der Waals surface area contributed by atoms with Gasteiger partial charge in [-0.15, -0.1) is 24.8 Å². The van der Waals surface area contributed by atoms with Crippen LogP contribution in [0.2, 0.25) is 0 Å². The zero-order chi connectivity index (χ0) is 17.6. The van der Waals surface area contributed by atoms with Gasteiger partial charge in [0.05, 0.1) is 0 Å². The van der Waals surface area contributed by atoms with Gasteiger partial charge in [-0.2, -0.15) is 16.7 Å². The van der Waals surface area contributed by atoms with Crippen LogP contribution < -0.4 is 10.6 Å². The van der Waals surface area contributed by atoms with E-state index in [0.717, 1.165) is 23.6 Å². The smallest absolute Gasteiger partial charge is 0.249 e. The van der Waals surface area contributed by atoms with Crippen LogP contribution in [0.4, 0.5) is 0 Å². The Morgan fingerprint density at radius 3 is 2.74 bits per heavy atom. The number of carbonyl (C=O) groups excluding carboxylic acids is 1. The monoisotopic (exact) mass is 433 g/mol. The largest absolute Gasteiger partial charge is 0.344 e. The van der Waals surface area contributed by atoms with Crippen molar-refractivity contribution in [2.24, 2.45) is 5.92 Å². The quantitative estimate of drug-likeness (QED) is 0.722. The van der Waals surface area contributed by atoms with E-state index in [1.807, 2.05) is 37.7 Å². The molecule has 3 rings (SSSR count). The number of rotatable bonds is 6. The molecule has 1 aliphatic rings. The molecule has 150 valence electrons.